The van der Waals surface area contributed by atoms with Gasteiger partial charge in [0.1, 0.15) is 24.2 Å². The molecule has 36 heavy (non-hydrogen) atoms. The van der Waals surface area contributed by atoms with Crippen molar-refractivity contribution < 1.29 is 19.7 Å². The number of carbonyl (C=O) groups is 1. The summed E-state index contributed by atoms with van der Waals surface area (Å²) in [5.41, 5.74) is 1.37. The van der Waals surface area contributed by atoms with Gasteiger partial charge in [0.2, 0.25) is 0 Å². The lowest BCUT2D eigenvalue weighted by molar-refractivity contribution is 0.0283. The number of anilines is 1. The molecular formula is C26H32N6O4. The minimum atomic E-state index is -1.00. The number of pyridine rings is 2. The normalized spacial score (nSPS) is 16.8. The molecule has 0 aromatic carbocycles. The molecule has 1 saturated heterocycles. The molecule has 0 spiro atoms. The summed E-state index contributed by atoms with van der Waals surface area (Å²) in [7, 11) is 0. The Balaban J connectivity index is 1.66. The Morgan fingerprint density at radius 1 is 1.22 bits per heavy atom. The first kappa shape index (κ1) is 25.3. The highest BCUT2D eigenvalue weighted by Crippen LogP contribution is 2.33. The van der Waals surface area contributed by atoms with Crippen molar-refractivity contribution in [3.63, 3.8) is 0 Å². The van der Waals surface area contributed by atoms with Crippen LogP contribution in [0.5, 0.6) is 5.75 Å². The van der Waals surface area contributed by atoms with Gasteiger partial charge in [-0.25, -0.2) is 14.3 Å². The quantitative estimate of drug-likeness (QED) is 0.553. The van der Waals surface area contributed by atoms with E-state index in [0.29, 0.717) is 36.5 Å². The molecule has 1 aliphatic heterocycles. The Bertz CT molecular complexity index is 1300. The molecule has 1 fully saturated rings. The lowest BCUT2D eigenvalue weighted by Crippen LogP contribution is -2.59. The van der Waals surface area contributed by atoms with E-state index in [9.17, 15) is 20.3 Å². The number of fused-ring (bicyclic) bond motifs is 1. The summed E-state index contributed by atoms with van der Waals surface area (Å²) < 4.78 is 7.40. The molecule has 10 nitrogen and oxygen atoms in total. The second-order valence-corrected chi connectivity index (χ2v) is 10.9. The van der Waals surface area contributed by atoms with Crippen molar-refractivity contribution in [3.8, 4) is 22.9 Å². The Morgan fingerprint density at radius 2 is 1.97 bits per heavy atom. The van der Waals surface area contributed by atoms with E-state index in [1.807, 2.05) is 39.0 Å². The SMILES string of the molecule is CC(C)(O)COc1cc(-c2ccc(N3CCN(C(=O)O)C(C(C)(C)C)C3)nc2)c2c(C#N)cnn2c1. The van der Waals surface area contributed by atoms with Gasteiger partial charge in [0.15, 0.2) is 0 Å². The van der Waals surface area contributed by atoms with Gasteiger partial charge in [-0.15, -0.1) is 0 Å². The lowest BCUT2D eigenvalue weighted by Gasteiger charge is -2.46. The number of nitrogens with zero attached hydrogens (tertiary/aromatic N) is 6. The van der Waals surface area contributed by atoms with Gasteiger partial charge in [0.25, 0.3) is 0 Å². The predicted octanol–water partition coefficient (Wildman–Crippen LogP) is 3.63. The number of hydrogen-bond acceptors (Lipinski definition) is 7. The summed E-state index contributed by atoms with van der Waals surface area (Å²) in [5, 5.41) is 33.6. The zero-order chi connectivity index (χ0) is 26.3. The van der Waals surface area contributed by atoms with Crippen LogP contribution in [0.25, 0.3) is 16.6 Å². The van der Waals surface area contributed by atoms with E-state index < -0.39 is 11.7 Å². The van der Waals surface area contributed by atoms with E-state index in [1.54, 1.807) is 30.8 Å². The van der Waals surface area contributed by atoms with Crippen LogP contribution < -0.4 is 9.64 Å². The number of ether oxygens (including phenoxy) is 1. The van der Waals surface area contributed by atoms with Crippen molar-refractivity contribution in [1.29, 1.82) is 5.26 Å². The van der Waals surface area contributed by atoms with Crippen molar-refractivity contribution in [2.45, 2.75) is 46.3 Å². The zero-order valence-electron chi connectivity index (χ0n) is 21.3. The Kier molecular flexibility index (Phi) is 6.54. The number of carboxylic acid groups (broad SMARTS) is 1. The van der Waals surface area contributed by atoms with Gasteiger partial charge in [-0.1, -0.05) is 20.8 Å². The van der Waals surface area contributed by atoms with E-state index in [-0.39, 0.29) is 18.1 Å². The molecule has 3 aromatic rings. The summed E-state index contributed by atoms with van der Waals surface area (Å²) >= 11 is 0. The highest BCUT2D eigenvalue weighted by atomic mass is 16.5. The number of rotatable bonds is 5. The fourth-order valence-electron chi connectivity index (χ4n) is 4.43. The molecule has 0 radical (unpaired) electrons. The molecular weight excluding hydrogens is 460 g/mol. The maximum absolute atomic E-state index is 11.8. The van der Waals surface area contributed by atoms with E-state index in [4.69, 9.17) is 9.72 Å². The van der Waals surface area contributed by atoms with Gasteiger partial charge in [0.05, 0.1) is 35.1 Å². The molecule has 1 unspecified atom stereocenters. The summed E-state index contributed by atoms with van der Waals surface area (Å²) in [4.78, 5) is 20.1. The van der Waals surface area contributed by atoms with Gasteiger partial charge in [-0.3, -0.25) is 0 Å². The third kappa shape index (κ3) is 5.21. The van der Waals surface area contributed by atoms with Crippen LogP contribution in [0.3, 0.4) is 0 Å². The van der Waals surface area contributed by atoms with E-state index in [2.05, 4.69) is 16.1 Å². The van der Waals surface area contributed by atoms with Gasteiger partial charge in [0, 0.05) is 37.0 Å². The molecule has 1 amide bonds. The Labute approximate surface area is 210 Å². The molecule has 1 aliphatic rings. The van der Waals surface area contributed by atoms with Crippen molar-refractivity contribution >= 4 is 17.4 Å². The maximum atomic E-state index is 11.8. The number of aliphatic hydroxyl groups is 1. The second kappa shape index (κ2) is 9.32. The average Bonchev–Trinajstić information content (AvgIpc) is 3.24. The van der Waals surface area contributed by atoms with Crippen molar-refractivity contribution in [3.05, 3.63) is 42.4 Å². The third-order valence-corrected chi connectivity index (χ3v) is 6.31. The summed E-state index contributed by atoms with van der Waals surface area (Å²) in [6, 6.07) is 7.68. The van der Waals surface area contributed by atoms with Crippen molar-refractivity contribution in [2.75, 3.05) is 31.1 Å². The van der Waals surface area contributed by atoms with Crippen molar-refractivity contribution in [2.24, 2.45) is 5.41 Å². The van der Waals surface area contributed by atoms with E-state index >= 15 is 0 Å². The predicted molar refractivity (Wildman–Crippen MR) is 135 cm³/mol. The van der Waals surface area contributed by atoms with Crippen LogP contribution in [0.1, 0.15) is 40.2 Å². The second-order valence-electron chi connectivity index (χ2n) is 10.9. The largest absolute Gasteiger partial charge is 0.489 e. The molecule has 4 rings (SSSR count). The minimum Gasteiger partial charge on any atom is -0.489 e. The smallest absolute Gasteiger partial charge is 0.407 e. The minimum absolute atomic E-state index is 0.0960. The zero-order valence-corrected chi connectivity index (χ0v) is 21.3. The van der Waals surface area contributed by atoms with Crippen LogP contribution in [-0.2, 0) is 0 Å². The maximum Gasteiger partial charge on any atom is 0.407 e. The fraction of sp³-hybridized carbons (Fsp3) is 0.462. The first-order valence-electron chi connectivity index (χ1n) is 11.8. The molecule has 4 heterocycles. The molecule has 190 valence electrons. The number of aromatic nitrogens is 3. The van der Waals surface area contributed by atoms with E-state index in [1.165, 1.54) is 11.1 Å². The lowest BCUT2D eigenvalue weighted by atomic mass is 9.84. The molecule has 10 heteroatoms. The first-order valence-corrected chi connectivity index (χ1v) is 11.8. The Hall–Kier alpha value is -3.84. The van der Waals surface area contributed by atoms with Crippen LogP contribution >= 0.6 is 0 Å². The standard InChI is InChI=1S/C26H32N6O4/c1-25(2,3)21-15-30(8-9-31(21)24(33)34)22-7-6-17(12-28-22)20-10-19(36-16-26(4,5)35)14-32-23(20)18(11-27)13-29-32/h6-7,10,12-14,21,35H,8-9,15-16H2,1-5H3,(H,33,34). The Morgan fingerprint density at radius 3 is 2.56 bits per heavy atom. The number of nitriles is 1. The third-order valence-electron chi connectivity index (χ3n) is 6.31. The molecule has 1 atom stereocenters. The van der Waals surface area contributed by atoms with Gasteiger partial charge in [-0.05, 0) is 37.5 Å². The molecule has 2 N–H and O–H groups in total. The molecule has 0 aliphatic carbocycles. The average molecular weight is 493 g/mol. The summed E-state index contributed by atoms with van der Waals surface area (Å²) in [6.45, 7) is 11.1. The van der Waals surface area contributed by atoms with Crippen LogP contribution in [0.15, 0.2) is 36.8 Å². The summed E-state index contributed by atoms with van der Waals surface area (Å²) in [5.74, 6) is 1.27. The number of piperazine rings is 1. The highest BCUT2D eigenvalue weighted by Gasteiger charge is 2.38. The molecule has 0 bridgehead atoms. The molecule has 0 saturated carbocycles. The monoisotopic (exact) mass is 492 g/mol. The topological polar surface area (TPSA) is 127 Å². The fourth-order valence-corrected chi connectivity index (χ4v) is 4.43. The first-order chi connectivity index (χ1) is 16.9. The number of hydrogen-bond donors (Lipinski definition) is 2. The number of amides is 1. The van der Waals surface area contributed by atoms with Crippen LogP contribution in [0.2, 0.25) is 0 Å². The van der Waals surface area contributed by atoms with Gasteiger partial charge >= 0.3 is 6.09 Å². The van der Waals surface area contributed by atoms with Crippen LogP contribution in [-0.4, -0.2) is 73.7 Å². The summed E-state index contributed by atoms with van der Waals surface area (Å²) in [6.07, 6.45) is 4.04. The van der Waals surface area contributed by atoms with Crippen molar-refractivity contribution in [1.82, 2.24) is 19.5 Å². The van der Waals surface area contributed by atoms with Gasteiger partial charge in [-0.2, -0.15) is 10.4 Å². The van der Waals surface area contributed by atoms with E-state index in [0.717, 1.165) is 16.9 Å². The molecule has 3 aromatic heterocycles. The van der Waals surface area contributed by atoms with Gasteiger partial charge < -0.3 is 24.7 Å². The van der Waals surface area contributed by atoms with Crippen LogP contribution in [0, 0.1) is 16.7 Å². The highest BCUT2D eigenvalue weighted by molar-refractivity contribution is 5.85. The van der Waals surface area contributed by atoms with Crippen LogP contribution in [0.4, 0.5) is 10.6 Å².